The van der Waals surface area contributed by atoms with Gasteiger partial charge in [0, 0.05) is 30.0 Å². The highest BCUT2D eigenvalue weighted by Gasteiger charge is 1.96. The molecule has 4 heteroatoms. The van der Waals surface area contributed by atoms with Crippen LogP contribution in [0, 0.1) is 0 Å². The van der Waals surface area contributed by atoms with Crippen LogP contribution in [0.2, 0.25) is 5.02 Å². The first kappa shape index (κ1) is 13.3. The molecule has 0 saturated carbocycles. The van der Waals surface area contributed by atoms with E-state index >= 15 is 0 Å². The van der Waals surface area contributed by atoms with E-state index in [1.54, 1.807) is 30.6 Å². The fourth-order valence-electron chi connectivity index (χ4n) is 1.53. The van der Waals surface area contributed by atoms with Gasteiger partial charge in [-0.3, -0.25) is 9.78 Å². The molecule has 19 heavy (non-hydrogen) atoms. The Hall–Kier alpha value is -2.13. The molecule has 1 aromatic heterocycles. The molecule has 2 aromatic rings. The minimum Gasteiger partial charge on any atom is -0.348 e. The predicted octanol–water partition coefficient (Wildman–Crippen LogP) is 3.06. The lowest BCUT2D eigenvalue weighted by molar-refractivity contribution is -0.116. The van der Waals surface area contributed by atoms with Gasteiger partial charge in [-0.05, 0) is 35.4 Å². The first-order valence-corrected chi connectivity index (χ1v) is 6.22. The van der Waals surface area contributed by atoms with Gasteiger partial charge in [0.1, 0.15) is 0 Å². The summed E-state index contributed by atoms with van der Waals surface area (Å²) in [5.74, 6) is -0.149. The SMILES string of the molecule is O=C(/C=C/c1cccc(Cl)c1)NCc1cccnc1. The Morgan fingerprint density at radius 3 is 2.95 bits per heavy atom. The molecule has 1 amide bonds. The summed E-state index contributed by atoms with van der Waals surface area (Å²) in [5.41, 5.74) is 1.86. The second-order valence-electron chi connectivity index (χ2n) is 3.97. The smallest absolute Gasteiger partial charge is 0.244 e. The van der Waals surface area contributed by atoms with Gasteiger partial charge < -0.3 is 5.32 Å². The molecule has 0 radical (unpaired) electrons. The number of carbonyl (C=O) groups excluding carboxylic acids is 1. The molecule has 0 spiro atoms. The van der Waals surface area contributed by atoms with Crippen molar-refractivity contribution in [2.24, 2.45) is 0 Å². The molecule has 0 fully saturated rings. The van der Waals surface area contributed by atoms with Gasteiger partial charge in [-0.2, -0.15) is 0 Å². The summed E-state index contributed by atoms with van der Waals surface area (Å²) in [4.78, 5) is 15.6. The van der Waals surface area contributed by atoms with Crippen molar-refractivity contribution in [3.8, 4) is 0 Å². The lowest BCUT2D eigenvalue weighted by Gasteiger charge is -2.01. The fraction of sp³-hybridized carbons (Fsp3) is 0.0667. The quantitative estimate of drug-likeness (QED) is 0.869. The van der Waals surface area contributed by atoms with Gasteiger partial charge in [-0.25, -0.2) is 0 Å². The highest BCUT2D eigenvalue weighted by molar-refractivity contribution is 6.30. The summed E-state index contributed by atoms with van der Waals surface area (Å²) < 4.78 is 0. The molecule has 1 aromatic carbocycles. The van der Waals surface area contributed by atoms with Crippen molar-refractivity contribution >= 4 is 23.6 Å². The standard InChI is InChI=1S/C15H13ClN2O/c16-14-5-1-3-12(9-14)6-7-15(19)18-11-13-4-2-8-17-10-13/h1-10H,11H2,(H,18,19)/b7-6+. The van der Waals surface area contributed by atoms with Crippen LogP contribution in [-0.2, 0) is 11.3 Å². The molecular weight excluding hydrogens is 260 g/mol. The number of amides is 1. The molecule has 96 valence electrons. The van der Waals surface area contributed by atoms with Gasteiger partial charge in [0.05, 0.1) is 0 Å². The molecule has 0 aliphatic heterocycles. The second kappa shape index (κ2) is 6.71. The zero-order chi connectivity index (χ0) is 13.5. The van der Waals surface area contributed by atoms with Crippen molar-refractivity contribution in [3.05, 3.63) is 71.0 Å². The van der Waals surface area contributed by atoms with E-state index in [-0.39, 0.29) is 5.91 Å². The zero-order valence-corrected chi connectivity index (χ0v) is 11.0. The number of hydrogen-bond acceptors (Lipinski definition) is 2. The summed E-state index contributed by atoms with van der Waals surface area (Å²) in [7, 11) is 0. The largest absolute Gasteiger partial charge is 0.348 e. The van der Waals surface area contributed by atoms with Gasteiger partial charge in [0.25, 0.3) is 0 Å². The number of rotatable bonds is 4. The van der Waals surface area contributed by atoms with E-state index in [0.717, 1.165) is 11.1 Å². The molecule has 0 aliphatic rings. The predicted molar refractivity (Wildman–Crippen MR) is 76.6 cm³/mol. The van der Waals surface area contributed by atoms with Crippen LogP contribution >= 0.6 is 11.6 Å². The topological polar surface area (TPSA) is 42.0 Å². The number of halogens is 1. The Bertz CT molecular complexity index is 582. The number of nitrogens with zero attached hydrogens (tertiary/aromatic N) is 1. The van der Waals surface area contributed by atoms with Gasteiger partial charge in [-0.1, -0.05) is 29.8 Å². The van der Waals surface area contributed by atoms with Crippen molar-refractivity contribution in [2.75, 3.05) is 0 Å². The van der Waals surface area contributed by atoms with E-state index in [0.29, 0.717) is 11.6 Å². The van der Waals surface area contributed by atoms with Gasteiger partial charge in [0.2, 0.25) is 5.91 Å². The van der Waals surface area contributed by atoms with E-state index in [2.05, 4.69) is 10.3 Å². The maximum absolute atomic E-state index is 11.6. The molecule has 1 heterocycles. The first-order chi connectivity index (χ1) is 9.24. The molecular formula is C15H13ClN2O. The summed E-state index contributed by atoms with van der Waals surface area (Å²) in [5, 5.41) is 3.44. The Balaban J connectivity index is 1.88. The first-order valence-electron chi connectivity index (χ1n) is 5.84. The van der Waals surface area contributed by atoms with Crippen LogP contribution in [0.25, 0.3) is 6.08 Å². The number of pyridine rings is 1. The van der Waals surface area contributed by atoms with Crippen LogP contribution in [0.1, 0.15) is 11.1 Å². The second-order valence-corrected chi connectivity index (χ2v) is 4.40. The molecule has 2 rings (SSSR count). The molecule has 0 bridgehead atoms. The third-order valence-corrected chi connectivity index (χ3v) is 2.70. The normalized spacial score (nSPS) is 10.6. The Labute approximate surface area is 116 Å². The van der Waals surface area contributed by atoms with Gasteiger partial charge >= 0.3 is 0 Å². The van der Waals surface area contributed by atoms with E-state index in [1.165, 1.54) is 6.08 Å². The average molecular weight is 273 g/mol. The number of benzene rings is 1. The number of hydrogen-bond donors (Lipinski definition) is 1. The van der Waals surface area contributed by atoms with E-state index in [9.17, 15) is 4.79 Å². The average Bonchev–Trinajstić information content (AvgIpc) is 2.44. The van der Waals surface area contributed by atoms with Gasteiger partial charge in [-0.15, -0.1) is 0 Å². The highest BCUT2D eigenvalue weighted by atomic mass is 35.5. The Morgan fingerprint density at radius 2 is 2.21 bits per heavy atom. The number of carbonyl (C=O) groups is 1. The molecule has 0 unspecified atom stereocenters. The van der Waals surface area contributed by atoms with Crippen molar-refractivity contribution in [3.63, 3.8) is 0 Å². The highest BCUT2D eigenvalue weighted by Crippen LogP contribution is 2.11. The van der Waals surface area contributed by atoms with Gasteiger partial charge in [0.15, 0.2) is 0 Å². The summed E-state index contributed by atoms with van der Waals surface area (Å²) >= 11 is 5.86. The Morgan fingerprint density at radius 1 is 1.32 bits per heavy atom. The molecule has 0 saturated heterocycles. The zero-order valence-electron chi connectivity index (χ0n) is 10.2. The molecule has 0 atom stereocenters. The van der Waals surface area contributed by atoms with Crippen molar-refractivity contribution < 1.29 is 4.79 Å². The summed E-state index contributed by atoms with van der Waals surface area (Å²) in [6, 6.07) is 11.1. The van der Waals surface area contributed by atoms with Crippen molar-refractivity contribution in [1.82, 2.24) is 10.3 Å². The lowest BCUT2D eigenvalue weighted by Crippen LogP contribution is -2.20. The van der Waals surface area contributed by atoms with Crippen molar-refractivity contribution in [2.45, 2.75) is 6.54 Å². The van der Waals surface area contributed by atoms with E-state index in [4.69, 9.17) is 11.6 Å². The fourth-order valence-corrected chi connectivity index (χ4v) is 1.73. The maximum Gasteiger partial charge on any atom is 0.244 e. The third-order valence-electron chi connectivity index (χ3n) is 2.47. The van der Waals surface area contributed by atoms with Crippen molar-refractivity contribution in [1.29, 1.82) is 0 Å². The monoisotopic (exact) mass is 272 g/mol. The van der Waals surface area contributed by atoms with Crippen LogP contribution < -0.4 is 5.32 Å². The minimum atomic E-state index is -0.149. The molecule has 0 aliphatic carbocycles. The van der Waals surface area contributed by atoms with E-state index in [1.807, 2.05) is 24.3 Å². The maximum atomic E-state index is 11.6. The van der Waals surface area contributed by atoms with Crippen LogP contribution in [0.4, 0.5) is 0 Å². The third kappa shape index (κ3) is 4.56. The number of nitrogens with one attached hydrogen (secondary N) is 1. The van der Waals surface area contributed by atoms with Crippen LogP contribution in [0.3, 0.4) is 0 Å². The van der Waals surface area contributed by atoms with Crippen LogP contribution in [0.15, 0.2) is 54.9 Å². The summed E-state index contributed by atoms with van der Waals surface area (Å²) in [6.45, 7) is 0.465. The Kier molecular flexibility index (Phi) is 4.70. The molecule has 3 nitrogen and oxygen atoms in total. The number of aromatic nitrogens is 1. The summed E-state index contributed by atoms with van der Waals surface area (Å²) in [6.07, 6.45) is 6.64. The molecule has 1 N–H and O–H groups in total. The van der Waals surface area contributed by atoms with Crippen LogP contribution in [-0.4, -0.2) is 10.9 Å². The van der Waals surface area contributed by atoms with E-state index < -0.39 is 0 Å². The van der Waals surface area contributed by atoms with Crippen LogP contribution in [0.5, 0.6) is 0 Å². The lowest BCUT2D eigenvalue weighted by atomic mass is 10.2. The minimum absolute atomic E-state index is 0.149.